The van der Waals surface area contributed by atoms with Crippen LogP contribution in [0.4, 0.5) is 0 Å². The molecule has 3 heterocycles. The van der Waals surface area contributed by atoms with Gasteiger partial charge in [0.05, 0.1) is 43.2 Å². The van der Waals surface area contributed by atoms with E-state index in [1.54, 1.807) is 24.7 Å². The van der Waals surface area contributed by atoms with E-state index in [9.17, 15) is 0 Å². The third-order valence-electron chi connectivity index (χ3n) is 5.35. The average molecular weight is 518 g/mol. The highest BCUT2D eigenvalue weighted by Crippen LogP contribution is 2.41. The number of hydrogen-bond donors (Lipinski definition) is 0. The van der Waals surface area contributed by atoms with Crippen LogP contribution in [0.5, 0.6) is 0 Å². The van der Waals surface area contributed by atoms with Gasteiger partial charge < -0.3 is 18.2 Å². The predicted molar refractivity (Wildman–Crippen MR) is 129 cm³/mol. The molecule has 1 fully saturated rings. The summed E-state index contributed by atoms with van der Waals surface area (Å²) in [4.78, 5) is 4.12. The van der Waals surface area contributed by atoms with E-state index >= 15 is 0 Å². The molecule has 4 aromatic rings. The smallest absolute Gasteiger partial charge is 0.223 e. The van der Waals surface area contributed by atoms with Crippen LogP contribution >= 0.6 is 35.2 Å². The maximum absolute atomic E-state index is 6.53. The number of ether oxygens (including phenoxy) is 2. The molecule has 34 heavy (non-hydrogen) atoms. The summed E-state index contributed by atoms with van der Waals surface area (Å²) in [6.45, 7) is 2.89. The first-order valence-electron chi connectivity index (χ1n) is 10.5. The van der Waals surface area contributed by atoms with Gasteiger partial charge in [0.15, 0.2) is 0 Å². The Labute approximate surface area is 211 Å². The normalized spacial score (nSPS) is 20.1. The van der Waals surface area contributed by atoms with Crippen molar-refractivity contribution in [2.45, 2.75) is 30.5 Å². The van der Waals surface area contributed by atoms with E-state index in [4.69, 9.17) is 36.9 Å². The Morgan fingerprint density at radius 2 is 2.03 bits per heavy atom. The largest absolute Gasteiger partial charge is 0.342 e. The second-order valence-electron chi connectivity index (χ2n) is 7.73. The van der Waals surface area contributed by atoms with Gasteiger partial charge in [-0.2, -0.15) is 0 Å². The Bertz CT molecular complexity index is 1250. The van der Waals surface area contributed by atoms with Gasteiger partial charge in [-0.15, -0.1) is 10.2 Å². The van der Waals surface area contributed by atoms with Crippen LogP contribution in [0.3, 0.4) is 0 Å². The Balaban J connectivity index is 1.29. The molecular formula is C23H21Cl2N5O3S. The monoisotopic (exact) mass is 517 g/mol. The zero-order chi connectivity index (χ0) is 23.5. The number of aryl methyl sites for hydroxylation is 1. The van der Waals surface area contributed by atoms with Gasteiger partial charge in [-0.3, -0.25) is 4.57 Å². The fraction of sp³-hybridized carbons (Fsp3) is 0.261. The van der Waals surface area contributed by atoms with Crippen LogP contribution in [-0.4, -0.2) is 43.6 Å². The zero-order valence-corrected chi connectivity index (χ0v) is 20.5. The van der Waals surface area contributed by atoms with Gasteiger partial charge in [0.1, 0.15) is 11.9 Å². The van der Waals surface area contributed by atoms with Crippen LogP contribution in [0.1, 0.15) is 11.4 Å². The van der Waals surface area contributed by atoms with E-state index in [1.807, 2.05) is 58.7 Å². The van der Waals surface area contributed by atoms with Crippen LogP contribution in [0.25, 0.3) is 5.69 Å². The first kappa shape index (κ1) is 23.3. The van der Waals surface area contributed by atoms with E-state index in [-0.39, 0.29) is 12.7 Å². The number of halogens is 2. The van der Waals surface area contributed by atoms with Gasteiger partial charge in [0.2, 0.25) is 10.9 Å². The van der Waals surface area contributed by atoms with Gasteiger partial charge in [0.25, 0.3) is 0 Å². The van der Waals surface area contributed by atoms with Crippen LogP contribution in [0.15, 0.2) is 72.4 Å². The summed E-state index contributed by atoms with van der Waals surface area (Å²) in [5, 5.41) is 10.1. The lowest BCUT2D eigenvalue weighted by Gasteiger charge is -2.29. The SMILES string of the molecule is Cc1nnc(SOCC2COC(Cn3ccnc3)(c3ccc(Cl)cc3Cl)O2)n1-c1ccccc1. The number of rotatable bonds is 8. The van der Waals surface area contributed by atoms with Crippen molar-refractivity contribution in [2.24, 2.45) is 0 Å². The van der Waals surface area contributed by atoms with Gasteiger partial charge in [-0.05, 0) is 31.2 Å². The highest BCUT2D eigenvalue weighted by Gasteiger charge is 2.45. The van der Waals surface area contributed by atoms with Crippen LogP contribution in [0, 0.1) is 6.92 Å². The van der Waals surface area contributed by atoms with Crippen molar-refractivity contribution in [1.82, 2.24) is 24.3 Å². The molecule has 0 N–H and O–H groups in total. The van der Waals surface area contributed by atoms with Crippen molar-refractivity contribution in [2.75, 3.05) is 13.2 Å². The fourth-order valence-corrected chi connectivity index (χ4v) is 5.07. The Morgan fingerprint density at radius 3 is 2.79 bits per heavy atom. The van der Waals surface area contributed by atoms with Crippen LogP contribution in [0.2, 0.25) is 10.0 Å². The van der Waals surface area contributed by atoms with Crippen LogP contribution < -0.4 is 0 Å². The summed E-state index contributed by atoms with van der Waals surface area (Å²) in [7, 11) is 0. The third kappa shape index (κ3) is 4.86. The second kappa shape index (κ2) is 10.1. The van der Waals surface area contributed by atoms with Crippen molar-refractivity contribution in [1.29, 1.82) is 0 Å². The number of aromatic nitrogens is 5. The summed E-state index contributed by atoms with van der Waals surface area (Å²) >= 11 is 13.8. The molecule has 2 atom stereocenters. The highest BCUT2D eigenvalue weighted by molar-refractivity contribution is 7.94. The lowest BCUT2D eigenvalue weighted by molar-refractivity contribution is -0.188. The number of imidazole rings is 1. The predicted octanol–water partition coefficient (Wildman–Crippen LogP) is 5.07. The quantitative estimate of drug-likeness (QED) is 0.302. The average Bonchev–Trinajstić information content (AvgIpc) is 3.56. The molecule has 0 spiro atoms. The Morgan fingerprint density at radius 1 is 1.18 bits per heavy atom. The molecule has 1 aliphatic rings. The molecule has 2 aromatic carbocycles. The molecule has 0 saturated carbocycles. The van der Waals surface area contributed by atoms with E-state index < -0.39 is 5.79 Å². The number of para-hydroxylation sites is 1. The highest BCUT2D eigenvalue weighted by atomic mass is 35.5. The van der Waals surface area contributed by atoms with E-state index in [2.05, 4.69) is 15.2 Å². The molecule has 5 rings (SSSR count). The van der Waals surface area contributed by atoms with E-state index in [1.165, 1.54) is 0 Å². The van der Waals surface area contributed by atoms with Crippen molar-refractivity contribution >= 4 is 35.2 Å². The molecule has 0 amide bonds. The minimum atomic E-state index is -1.10. The minimum absolute atomic E-state index is 0.280. The van der Waals surface area contributed by atoms with Crippen molar-refractivity contribution in [3.63, 3.8) is 0 Å². The third-order valence-corrected chi connectivity index (χ3v) is 6.56. The first-order chi connectivity index (χ1) is 16.5. The number of nitrogens with zero attached hydrogens (tertiary/aromatic N) is 5. The summed E-state index contributed by atoms with van der Waals surface area (Å²) in [5.41, 5.74) is 1.66. The van der Waals surface area contributed by atoms with Gasteiger partial charge in [-0.1, -0.05) is 47.5 Å². The molecule has 0 aliphatic carbocycles. The first-order valence-corrected chi connectivity index (χ1v) is 12.0. The summed E-state index contributed by atoms with van der Waals surface area (Å²) in [6, 6.07) is 15.2. The van der Waals surface area contributed by atoms with Crippen molar-refractivity contribution in [3.05, 3.63) is 88.7 Å². The number of hydrogen-bond acceptors (Lipinski definition) is 7. The lowest BCUT2D eigenvalue weighted by atomic mass is 10.1. The molecule has 1 saturated heterocycles. The van der Waals surface area contributed by atoms with Gasteiger partial charge in [-0.25, -0.2) is 4.98 Å². The molecule has 11 heteroatoms. The fourth-order valence-electron chi connectivity index (χ4n) is 3.81. The van der Waals surface area contributed by atoms with Crippen LogP contribution in [-0.2, 0) is 26.0 Å². The molecule has 176 valence electrons. The standard InChI is InChI=1S/C23H21Cl2N5O3S/c1-16-27-28-22(30(16)18-5-3-2-4-6-18)34-32-13-19-12-31-23(33-19,14-29-10-9-26-15-29)20-8-7-17(24)11-21(20)25/h2-11,15,19H,12-14H2,1H3. The van der Waals surface area contributed by atoms with Crippen molar-refractivity contribution in [3.8, 4) is 5.69 Å². The molecule has 0 radical (unpaired) electrons. The molecule has 2 unspecified atom stereocenters. The zero-order valence-electron chi connectivity index (χ0n) is 18.2. The maximum atomic E-state index is 6.53. The molecular weight excluding hydrogens is 497 g/mol. The van der Waals surface area contributed by atoms with E-state index in [0.717, 1.165) is 23.6 Å². The molecule has 8 nitrogen and oxygen atoms in total. The van der Waals surface area contributed by atoms with Crippen molar-refractivity contribution < 1.29 is 13.7 Å². The van der Waals surface area contributed by atoms with E-state index in [0.29, 0.717) is 33.9 Å². The minimum Gasteiger partial charge on any atom is -0.342 e. The summed E-state index contributed by atoms with van der Waals surface area (Å²) < 4.78 is 22.3. The topological polar surface area (TPSA) is 76.2 Å². The lowest BCUT2D eigenvalue weighted by Crippen LogP contribution is -2.34. The molecule has 2 aromatic heterocycles. The number of benzene rings is 2. The second-order valence-corrected chi connectivity index (χ2v) is 9.34. The van der Waals surface area contributed by atoms with Gasteiger partial charge in [0, 0.05) is 28.7 Å². The van der Waals surface area contributed by atoms with Gasteiger partial charge >= 0.3 is 0 Å². The maximum Gasteiger partial charge on any atom is 0.223 e. The summed E-state index contributed by atoms with van der Waals surface area (Å²) in [5.74, 6) is -0.323. The molecule has 0 bridgehead atoms. The Hall–Kier alpha value is -2.40. The Kier molecular flexibility index (Phi) is 6.91. The molecule has 1 aliphatic heterocycles. The summed E-state index contributed by atoms with van der Waals surface area (Å²) in [6.07, 6.45) is 4.93.